The summed E-state index contributed by atoms with van der Waals surface area (Å²) in [6, 6.07) is 8.69. The van der Waals surface area contributed by atoms with Crippen LogP contribution in [0.3, 0.4) is 0 Å². The summed E-state index contributed by atoms with van der Waals surface area (Å²) in [7, 11) is 6.48. The third-order valence-electron chi connectivity index (χ3n) is 3.09. The molecule has 1 aromatic rings. The molecule has 0 N–H and O–H groups in total. The highest BCUT2D eigenvalue weighted by Gasteiger charge is 2.23. The second-order valence-electron chi connectivity index (χ2n) is 4.22. The van der Waals surface area contributed by atoms with Crippen LogP contribution in [-0.2, 0) is 6.42 Å². The van der Waals surface area contributed by atoms with Crippen LogP contribution >= 0.6 is 0 Å². The Morgan fingerprint density at radius 2 is 2.00 bits per heavy atom. The van der Waals surface area contributed by atoms with E-state index < -0.39 is 0 Å². The number of rotatable bonds is 1. The van der Waals surface area contributed by atoms with Crippen LogP contribution in [0.25, 0.3) is 0 Å². The van der Waals surface area contributed by atoms with Gasteiger partial charge in [0, 0.05) is 12.7 Å². The highest BCUT2D eigenvalue weighted by Crippen LogP contribution is 2.29. The van der Waals surface area contributed by atoms with Gasteiger partial charge in [-0.3, -0.25) is 4.90 Å². The van der Waals surface area contributed by atoms with E-state index in [0.717, 1.165) is 0 Å². The zero-order valence-electron chi connectivity index (χ0n) is 9.20. The summed E-state index contributed by atoms with van der Waals surface area (Å²) in [5, 5.41) is 0. The average molecular weight is 190 g/mol. The minimum atomic E-state index is 0.546. The van der Waals surface area contributed by atoms with Crippen molar-refractivity contribution < 1.29 is 0 Å². The maximum atomic E-state index is 2.37. The van der Waals surface area contributed by atoms with E-state index >= 15 is 0 Å². The van der Waals surface area contributed by atoms with Gasteiger partial charge in [-0.15, -0.1) is 0 Å². The zero-order chi connectivity index (χ0) is 10.1. The molecule has 1 aliphatic heterocycles. The van der Waals surface area contributed by atoms with Crippen molar-refractivity contribution in [1.29, 1.82) is 0 Å². The van der Waals surface area contributed by atoms with E-state index in [0.29, 0.717) is 6.17 Å². The van der Waals surface area contributed by atoms with E-state index in [-0.39, 0.29) is 0 Å². The topological polar surface area (TPSA) is 6.48 Å². The Labute approximate surface area is 86.1 Å². The molecule has 0 radical (unpaired) electrons. The largest absolute Gasteiger partial charge is 0.359 e. The highest BCUT2D eigenvalue weighted by atomic mass is 15.3. The first-order valence-electron chi connectivity index (χ1n) is 5.17. The van der Waals surface area contributed by atoms with Crippen molar-refractivity contribution in [3.05, 3.63) is 29.8 Å². The molecule has 1 aromatic carbocycles. The molecule has 2 heteroatoms. The van der Waals surface area contributed by atoms with Crippen molar-refractivity contribution in [3.63, 3.8) is 0 Å². The first-order chi connectivity index (χ1) is 6.70. The SMILES string of the molecule is CN(C)C1CCc2ccccc2N1C. The number of aryl methyl sites for hydroxylation is 1. The van der Waals surface area contributed by atoms with Crippen molar-refractivity contribution in [2.24, 2.45) is 0 Å². The Morgan fingerprint density at radius 1 is 1.29 bits per heavy atom. The fraction of sp³-hybridized carbons (Fsp3) is 0.500. The van der Waals surface area contributed by atoms with Gasteiger partial charge in [0.25, 0.3) is 0 Å². The van der Waals surface area contributed by atoms with Gasteiger partial charge in [0.1, 0.15) is 0 Å². The molecule has 0 bridgehead atoms. The molecule has 1 heterocycles. The fourth-order valence-corrected chi connectivity index (χ4v) is 2.31. The second kappa shape index (κ2) is 3.62. The molecule has 14 heavy (non-hydrogen) atoms. The Bertz CT molecular complexity index is 320. The Balaban J connectivity index is 2.31. The van der Waals surface area contributed by atoms with Crippen molar-refractivity contribution in [1.82, 2.24) is 4.90 Å². The number of fused-ring (bicyclic) bond motifs is 1. The van der Waals surface area contributed by atoms with Crippen molar-refractivity contribution in [2.45, 2.75) is 19.0 Å². The number of para-hydroxylation sites is 1. The van der Waals surface area contributed by atoms with Crippen LogP contribution in [0.5, 0.6) is 0 Å². The van der Waals surface area contributed by atoms with E-state index in [9.17, 15) is 0 Å². The molecule has 2 rings (SSSR count). The van der Waals surface area contributed by atoms with Crippen LogP contribution in [0.1, 0.15) is 12.0 Å². The number of hydrogen-bond donors (Lipinski definition) is 0. The van der Waals surface area contributed by atoms with Crippen LogP contribution in [0.4, 0.5) is 5.69 Å². The van der Waals surface area contributed by atoms with Crippen LogP contribution in [-0.4, -0.2) is 32.2 Å². The van der Waals surface area contributed by atoms with Gasteiger partial charge in [-0.2, -0.15) is 0 Å². The van der Waals surface area contributed by atoms with Crippen molar-refractivity contribution in [3.8, 4) is 0 Å². The summed E-state index contributed by atoms with van der Waals surface area (Å²) < 4.78 is 0. The second-order valence-corrected chi connectivity index (χ2v) is 4.22. The molecule has 0 saturated carbocycles. The Morgan fingerprint density at radius 3 is 2.71 bits per heavy atom. The van der Waals surface area contributed by atoms with Crippen molar-refractivity contribution in [2.75, 3.05) is 26.0 Å². The number of benzene rings is 1. The van der Waals surface area contributed by atoms with E-state index in [1.807, 2.05) is 0 Å². The predicted molar refractivity (Wildman–Crippen MR) is 60.6 cm³/mol. The van der Waals surface area contributed by atoms with Crippen LogP contribution in [0.2, 0.25) is 0 Å². The number of nitrogens with zero attached hydrogens (tertiary/aromatic N) is 2. The van der Waals surface area contributed by atoms with Gasteiger partial charge in [-0.1, -0.05) is 18.2 Å². The summed E-state index contributed by atoms with van der Waals surface area (Å²) >= 11 is 0. The first kappa shape index (κ1) is 9.53. The lowest BCUT2D eigenvalue weighted by atomic mass is 10.00. The van der Waals surface area contributed by atoms with E-state index in [2.05, 4.69) is 55.2 Å². The molecule has 1 unspecified atom stereocenters. The van der Waals surface area contributed by atoms with Gasteiger partial charge in [-0.05, 0) is 38.6 Å². The molecule has 0 aliphatic carbocycles. The molecular formula is C12H18N2. The summed E-state index contributed by atoms with van der Waals surface area (Å²) in [5.41, 5.74) is 2.87. The van der Waals surface area contributed by atoms with Gasteiger partial charge in [0.2, 0.25) is 0 Å². The van der Waals surface area contributed by atoms with Gasteiger partial charge in [-0.25, -0.2) is 0 Å². The fourth-order valence-electron chi connectivity index (χ4n) is 2.31. The van der Waals surface area contributed by atoms with Crippen LogP contribution in [0, 0.1) is 0 Å². The van der Waals surface area contributed by atoms with E-state index in [1.54, 1.807) is 0 Å². The zero-order valence-corrected chi connectivity index (χ0v) is 9.20. The van der Waals surface area contributed by atoms with Gasteiger partial charge in [0.15, 0.2) is 0 Å². The standard InChI is InChI=1S/C12H18N2/c1-13(2)12-9-8-10-6-4-5-7-11(10)14(12)3/h4-7,12H,8-9H2,1-3H3. The van der Waals surface area contributed by atoms with Crippen LogP contribution in [0.15, 0.2) is 24.3 Å². The normalized spacial score (nSPS) is 21.1. The van der Waals surface area contributed by atoms with Gasteiger partial charge >= 0.3 is 0 Å². The summed E-state index contributed by atoms with van der Waals surface area (Å²) in [6.45, 7) is 0. The molecule has 0 amide bonds. The van der Waals surface area contributed by atoms with E-state index in [1.165, 1.54) is 24.1 Å². The molecule has 2 nitrogen and oxygen atoms in total. The maximum Gasteiger partial charge on any atom is 0.0815 e. The minimum Gasteiger partial charge on any atom is -0.359 e. The molecule has 0 aromatic heterocycles. The highest BCUT2D eigenvalue weighted by molar-refractivity contribution is 5.55. The Hall–Kier alpha value is -1.02. The third kappa shape index (κ3) is 1.50. The summed E-state index contributed by atoms with van der Waals surface area (Å²) in [6.07, 6.45) is 2.97. The minimum absolute atomic E-state index is 0.546. The third-order valence-corrected chi connectivity index (χ3v) is 3.09. The predicted octanol–water partition coefficient (Wildman–Crippen LogP) is 1.96. The smallest absolute Gasteiger partial charge is 0.0815 e. The molecule has 1 aliphatic rings. The summed E-state index contributed by atoms with van der Waals surface area (Å²) in [5.74, 6) is 0. The number of anilines is 1. The maximum absolute atomic E-state index is 2.37. The lowest BCUT2D eigenvalue weighted by Crippen LogP contribution is -2.45. The molecule has 0 fully saturated rings. The van der Waals surface area contributed by atoms with Crippen LogP contribution < -0.4 is 4.90 Å². The van der Waals surface area contributed by atoms with Crippen molar-refractivity contribution >= 4 is 5.69 Å². The van der Waals surface area contributed by atoms with Gasteiger partial charge < -0.3 is 4.90 Å². The van der Waals surface area contributed by atoms with Gasteiger partial charge in [0.05, 0.1) is 6.17 Å². The molecule has 1 atom stereocenters. The monoisotopic (exact) mass is 190 g/mol. The lowest BCUT2D eigenvalue weighted by molar-refractivity contribution is 0.269. The lowest BCUT2D eigenvalue weighted by Gasteiger charge is -2.39. The quantitative estimate of drug-likeness (QED) is 0.668. The molecule has 0 saturated heterocycles. The molecule has 0 spiro atoms. The average Bonchev–Trinajstić information content (AvgIpc) is 2.18. The molecular weight excluding hydrogens is 172 g/mol. The number of hydrogen-bond acceptors (Lipinski definition) is 2. The van der Waals surface area contributed by atoms with E-state index in [4.69, 9.17) is 0 Å². The summed E-state index contributed by atoms with van der Waals surface area (Å²) in [4.78, 5) is 4.66. The molecule has 76 valence electrons. The Kier molecular flexibility index (Phi) is 2.46. The first-order valence-corrected chi connectivity index (χ1v) is 5.17.